The van der Waals surface area contributed by atoms with Gasteiger partial charge in [-0.15, -0.1) is 0 Å². The van der Waals surface area contributed by atoms with Crippen molar-refractivity contribution < 1.29 is 9.59 Å². The lowest BCUT2D eigenvalue weighted by atomic mass is 10.1. The van der Waals surface area contributed by atoms with Gasteiger partial charge in [0.2, 0.25) is 5.91 Å². The van der Waals surface area contributed by atoms with E-state index in [1.807, 2.05) is 67.5 Å². The van der Waals surface area contributed by atoms with Gasteiger partial charge >= 0.3 is 0 Å². The van der Waals surface area contributed by atoms with Gasteiger partial charge in [-0.3, -0.25) is 9.59 Å². The Morgan fingerprint density at radius 1 is 1.16 bits per heavy atom. The maximum Gasteiger partial charge on any atom is 0.251 e. The molecule has 1 unspecified atom stereocenters. The zero-order valence-electron chi connectivity index (χ0n) is 14.6. The van der Waals surface area contributed by atoms with Gasteiger partial charge in [-0.05, 0) is 30.3 Å². The topological polar surface area (TPSA) is 52.7 Å². The van der Waals surface area contributed by atoms with Gasteiger partial charge in [0.05, 0.1) is 0 Å². The Kier molecular flexibility index (Phi) is 5.03. The summed E-state index contributed by atoms with van der Waals surface area (Å²) in [6.07, 6.45) is 0.465. The molecule has 0 bridgehead atoms. The molecule has 1 saturated heterocycles. The number of carbonyl (C=O) groups is 2. The average Bonchev–Trinajstić information content (AvgIpc) is 3.01. The van der Waals surface area contributed by atoms with E-state index in [0.717, 1.165) is 11.4 Å². The molecular weight excluding hydrogens is 314 g/mol. The number of hydrogen-bond donors (Lipinski definition) is 1. The highest BCUT2D eigenvalue weighted by atomic mass is 16.2. The van der Waals surface area contributed by atoms with E-state index in [1.165, 1.54) is 0 Å². The SMILES string of the molecule is CN(C)c1cccc(C(=O)NCC2CC(=O)N(c3ccccc3)C2)c1. The molecule has 0 spiro atoms. The average molecular weight is 337 g/mol. The van der Waals surface area contributed by atoms with Crippen molar-refractivity contribution in [1.29, 1.82) is 0 Å². The van der Waals surface area contributed by atoms with Gasteiger partial charge in [0.15, 0.2) is 0 Å². The third-order valence-corrected chi connectivity index (χ3v) is 4.45. The van der Waals surface area contributed by atoms with Crippen molar-refractivity contribution in [3.05, 3.63) is 60.2 Å². The summed E-state index contributed by atoms with van der Waals surface area (Å²) in [5, 5.41) is 2.96. The molecule has 25 heavy (non-hydrogen) atoms. The van der Waals surface area contributed by atoms with Crippen LogP contribution in [0.2, 0.25) is 0 Å². The maximum absolute atomic E-state index is 12.4. The van der Waals surface area contributed by atoms with Crippen LogP contribution in [0.1, 0.15) is 16.8 Å². The molecule has 0 saturated carbocycles. The molecule has 3 rings (SSSR count). The minimum Gasteiger partial charge on any atom is -0.378 e. The second kappa shape index (κ2) is 7.38. The number of nitrogens with one attached hydrogen (secondary N) is 1. The van der Waals surface area contributed by atoms with Crippen molar-refractivity contribution in [2.24, 2.45) is 5.92 Å². The van der Waals surface area contributed by atoms with E-state index in [-0.39, 0.29) is 17.7 Å². The summed E-state index contributed by atoms with van der Waals surface area (Å²) < 4.78 is 0. The van der Waals surface area contributed by atoms with Crippen LogP contribution in [0.5, 0.6) is 0 Å². The van der Waals surface area contributed by atoms with Crippen molar-refractivity contribution in [2.45, 2.75) is 6.42 Å². The second-order valence-electron chi connectivity index (χ2n) is 6.56. The van der Waals surface area contributed by atoms with Crippen LogP contribution in [0.25, 0.3) is 0 Å². The van der Waals surface area contributed by atoms with Crippen molar-refractivity contribution in [2.75, 3.05) is 37.0 Å². The first-order valence-corrected chi connectivity index (χ1v) is 8.45. The molecule has 130 valence electrons. The molecule has 1 heterocycles. The fourth-order valence-corrected chi connectivity index (χ4v) is 3.04. The zero-order chi connectivity index (χ0) is 17.8. The molecule has 0 aromatic heterocycles. The summed E-state index contributed by atoms with van der Waals surface area (Å²) >= 11 is 0. The monoisotopic (exact) mass is 337 g/mol. The first-order chi connectivity index (χ1) is 12.0. The van der Waals surface area contributed by atoms with Crippen LogP contribution in [0.15, 0.2) is 54.6 Å². The molecule has 1 aliphatic heterocycles. The van der Waals surface area contributed by atoms with Crippen LogP contribution in [-0.4, -0.2) is 39.0 Å². The van der Waals surface area contributed by atoms with Gasteiger partial charge < -0.3 is 15.1 Å². The Bertz CT molecular complexity index is 759. The third-order valence-electron chi connectivity index (χ3n) is 4.45. The number of amides is 2. The van der Waals surface area contributed by atoms with Gasteiger partial charge in [-0.1, -0.05) is 24.3 Å². The number of anilines is 2. The highest BCUT2D eigenvalue weighted by Crippen LogP contribution is 2.24. The van der Waals surface area contributed by atoms with Crippen LogP contribution in [0.4, 0.5) is 11.4 Å². The first kappa shape index (κ1) is 17.0. The van der Waals surface area contributed by atoms with Crippen molar-refractivity contribution in [1.82, 2.24) is 5.32 Å². The molecule has 5 nitrogen and oxygen atoms in total. The lowest BCUT2D eigenvalue weighted by Crippen LogP contribution is -2.31. The summed E-state index contributed by atoms with van der Waals surface area (Å²) in [5.41, 5.74) is 2.54. The van der Waals surface area contributed by atoms with Gasteiger partial charge in [0.1, 0.15) is 0 Å². The Labute approximate surface area is 148 Å². The summed E-state index contributed by atoms with van der Waals surface area (Å²) in [7, 11) is 3.89. The first-order valence-electron chi connectivity index (χ1n) is 8.45. The van der Waals surface area contributed by atoms with E-state index < -0.39 is 0 Å². The molecule has 1 N–H and O–H groups in total. The van der Waals surface area contributed by atoms with Crippen molar-refractivity contribution in [3.8, 4) is 0 Å². The predicted octanol–water partition coefficient (Wildman–Crippen LogP) is 2.54. The van der Waals surface area contributed by atoms with Crippen LogP contribution < -0.4 is 15.1 Å². The van der Waals surface area contributed by atoms with E-state index in [0.29, 0.717) is 25.1 Å². The molecular formula is C20H23N3O2. The van der Waals surface area contributed by atoms with Gasteiger partial charge in [-0.2, -0.15) is 0 Å². The molecule has 5 heteroatoms. The Balaban J connectivity index is 1.58. The van der Waals surface area contributed by atoms with Crippen LogP contribution in [0, 0.1) is 5.92 Å². The lowest BCUT2D eigenvalue weighted by molar-refractivity contribution is -0.117. The van der Waals surface area contributed by atoms with E-state index in [9.17, 15) is 9.59 Å². The summed E-state index contributed by atoms with van der Waals surface area (Å²) in [4.78, 5) is 28.4. The quantitative estimate of drug-likeness (QED) is 0.912. The van der Waals surface area contributed by atoms with E-state index in [1.54, 1.807) is 11.0 Å². The second-order valence-corrected chi connectivity index (χ2v) is 6.56. The van der Waals surface area contributed by atoms with Gasteiger partial charge in [-0.25, -0.2) is 0 Å². The number of para-hydroxylation sites is 1. The standard InChI is InChI=1S/C20H23N3O2/c1-22(2)18-10-6-7-16(12-18)20(25)21-13-15-11-19(24)23(14-15)17-8-4-3-5-9-17/h3-10,12,15H,11,13-14H2,1-2H3,(H,21,25). The number of nitrogens with zero attached hydrogens (tertiary/aromatic N) is 2. The molecule has 2 aromatic carbocycles. The molecule has 2 aromatic rings. The number of rotatable bonds is 5. The predicted molar refractivity (Wildman–Crippen MR) is 100 cm³/mol. The zero-order valence-corrected chi connectivity index (χ0v) is 14.6. The largest absolute Gasteiger partial charge is 0.378 e. The Morgan fingerprint density at radius 3 is 2.64 bits per heavy atom. The van der Waals surface area contributed by atoms with Gasteiger partial charge in [0, 0.05) is 56.5 Å². The third kappa shape index (κ3) is 3.99. The highest BCUT2D eigenvalue weighted by Gasteiger charge is 2.30. The number of hydrogen-bond acceptors (Lipinski definition) is 3. The van der Waals surface area contributed by atoms with Crippen molar-refractivity contribution in [3.63, 3.8) is 0 Å². The Hall–Kier alpha value is -2.82. The lowest BCUT2D eigenvalue weighted by Gasteiger charge is -2.17. The smallest absolute Gasteiger partial charge is 0.251 e. The summed E-state index contributed by atoms with van der Waals surface area (Å²) in [5.74, 6) is 0.142. The fraction of sp³-hybridized carbons (Fsp3) is 0.300. The minimum absolute atomic E-state index is 0.102. The minimum atomic E-state index is -0.102. The normalized spacial score (nSPS) is 16.8. The molecule has 0 aliphatic carbocycles. The van der Waals surface area contributed by atoms with Crippen LogP contribution >= 0.6 is 0 Å². The fourth-order valence-electron chi connectivity index (χ4n) is 3.04. The van der Waals surface area contributed by atoms with Crippen LogP contribution in [0.3, 0.4) is 0 Å². The summed E-state index contributed by atoms with van der Waals surface area (Å²) in [6.45, 7) is 1.14. The van der Waals surface area contributed by atoms with E-state index in [4.69, 9.17) is 0 Å². The van der Waals surface area contributed by atoms with E-state index in [2.05, 4.69) is 5.32 Å². The number of carbonyl (C=O) groups excluding carboxylic acids is 2. The Morgan fingerprint density at radius 2 is 1.92 bits per heavy atom. The van der Waals surface area contributed by atoms with Crippen LogP contribution in [-0.2, 0) is 4.79 Å². The number of benzene rings is 2. The van der Waals surface area contributed by atoms with Gasteiger partial charge in [0.25, 0.3) is 5.91 Å². The molecule has 0 radical (unpaired) electrons. The maximum atomic E-state index is 12.4. The molecule has 1 atom stereocenters. The molecule has 1 fully saturated rings. The highest BCUT2D eigenvalue weighted by molar-refractivity contribution is 5.96. The van der Waals surface area contributed by atoms with E-state index >= 15 is 0 Å². The summed E-state index contributed by atoms with van der Waals surface area (Å²) in [6, 6.07) is 17.2. The molecule has 2 amide bonds. The van der Waals surface area contributed by atoms with Crippen molar-refractivity contribution >= 4 is 23.2 Å². The molecule has 1 aliphatic rings.